The summed E-state index contributed by atoms with van der Waals surface area (Å²) in [7, 11) is 0. The summed E-state index contributed by atoms with van der Waals surface area (Å²) in [6.07, 6.45) is 3.68. The topological polar surface area (TPSA) is 88.4 Å². The summed E-state index contributed by atoms with van der Waals surface area (Å²) >= 11 is 0. The van der Waals surface area contributed by atoms with E-state index in [1.165, 1.54) is 12.1 Å². The minimum Gasteiger partial charge on any atom is -0.316 e. The fraction of sp³-hybridized carbons (Fsp3) is 0.294. The second-order valence-corrected chi connectivity index (χ2v) is 5.87. The number of amides is 2. The molecule has 3 rings (SSSR count). The van der Waals surface area contributed by atoms with Gasteiger partial charge in [0, 0.05) is 30.1 Å². The van der Waals surface area contributed by atoms with Gasteiger partial charge in [-0.05, 0) is 43.5 Å². The highest BCUT2D eigenvalue weighted by atomic mass is 16.6. The lowest BCUT2D eigenvalue weighted by molar-refractivity contribution is -0.384. The van der Waals surface area contributed by atoms with Gasteiger partial charge in [-0.25, -0.2) is 4.79 Å². The van der Waals surface area contributed by atoms with Crippen LogP contribution >= 0.6 is 0 Å². The summed E-state index contributed by atoms with van der Waals surface area (Å²) in [5, 5.41) is 13.7. The predicted molar refractivity (Wildman–Crippen MR) is 89.7 cm³/mol. The zero-order valence-corrected chi connectivity index (χ0v) is 13.3. The maximum absolute atomic E-state index is 12.6. The van der Waals surface area contributed by atoms with Crippen molar-refractivity contribution in [2.75, 3.05) is 5.32 Å². The third-order valence-corrected chi connectivity index (χ3v) is 3.97. The van der Waals surface area contributed by atoms with E-state index in [9.17, 15) is 14.9 Å². The molecule has 1 heterocycles. The van der Waals surface area contributed by atoms with Crippen molar-refractivity contribution in [3.05, 3.63) is 64.0 Å². The summed E-state index contributed by atoms with van der Waals surface area (Å²) in [5.41, 5.74) is 2.08. The van der Waals surface area contributed by atoms with Gasteiger partial charge in [-0.1, -0.05) is 6.07 Å². The zero-order chi connectivity index (χ0) is 17.1. The number of hydrogen-bond donors (Lipinski definition) is 1. The van der Waals surface area contributed by atoms with Crippen LogP contribution in [0.3, 0.4) is 0 Å². The lowest BCUT2D eigenvalue weighted by Crippen LogP contribution is -2.36. The van der Waals surface area contributed by atoms with Crippen LogP contribution in [0.15, 0.2) is 42.6 Å². The Labute approximate surface area is 139 Å². The molecule has 0 atom stereocenters. The smallest absolute Gasteiger partial charge is 0.316 e. The first-order chi connectivity index (χ1) is 11.5. The molecule has 1 fully saturated rings. The third-order valence-electron chi connectivity index (χ3n) is 3.97. The molecular formula is C17H18N4O3. The molecule has 2 amide bonds. The van der Waals surface area contributed by atoms with Gasteiger partial charge >= 0.3 is 6.03 Å². The van der Waals surface area contributed by atoms with Gasteiger partial charge in [0.25, 0.3) is 5.69 Å². The van der Waals surface area contributed by atoms with Crippen LogP contribution in [0.2, 0.25) is 0 Å². The van der Waals surface area contributed by atoms with Crippen LogP contribution in [-0.4, -0.2) is 26.9 Å². The fourth-order valence-electron chi connectivity index (χ4n) is 2.51. The number of nitrogens with one attached hydrogen (secondary N) is 1. The molecule has 0 bridgehead atoms. The molecule has 124 valence electrons. The van der Waals surface area contributed by atoms with Crippen LogP contribution in [0.5, 0.6) is 0 Å². The van der Waals surface area contributed by atoms with Crippen LogP contribution in [0, 0.1) is 17.0 Å². The second-order valence-electron chi connectivity index (χ2n) is 5.87. The van der Waals surface area contributed by atoms with Crippen molar-refractivity contribution in [2.24, 2.45) is 0 Å². The van der Waals surface area contributed by atoms with E-state index >= 15 is 0 Å². The summed E-state index contributed by atoms with van der Waals surface area (Å²) in [6.45, 7) is 2.19. The highest BCUT2D eigenvalue weighted by molar-refractivity contribution is 5.90. The molecule has 24 heavy (non-hydrogen) atoms. The Hall–Kier alpha value is -2.96. The molecule has 7 nitrogen and oxygen atoms in total. The van der Waals surface area contributed by atoms with E-state index in [1.54, 1.807) is 24.1 Å². The van der Waals surface area contributed by atoms with Crippen molar-refractivity contribution in [3.63, 3.8) is 0 Å². The van der Waals surface area contributed by atoms with Crippen molar-refractivity contribution in [1.82, 2.24) is 9.88 Å². The molecule has 0 radical (unpaired) electrons. The quantitative estimate of drug-likeness (QED) is 0.673. The SMILES string of the molecule is Cc1cc([N+](=O)[O-])ccc1NC(=O)N(Cc1ccccn1)C1CC1. The first-order valence-electron chi connectivity index (χ1n) is 7.77. The van der Waals surface area contributed by atoms with E-state index in [2.05, 4.69) is 10.3 Å². The largest absolute Gasteiger partial charge is 0.322 e. The molecule has 2 aromatic rings. The van der Waals surface area contributed by atoms with Crippen molar-refractivity contribution in [2.45, 2.75) is 32.4 Å². The Balaban J connectivity index is 1.73. The van der Waals surface area contributed by atoms with Crippen LogP contribution in [0.25, 0.3) is 0 Å². The lowest BCUT2D eigenvalue weighted by Gasteiger charge is -2.23. The highest BCUT2D eigenvalue weighted by Crippen LogP contribution is 2.29. The standard InChI is InChI=1S/C17H18N4O3/c1-12-10-15(21(23)24)7-8-16(12)19-17(22)20(14-5-6-14)11-13-4-2-3-9-18-13/h2-4,7-10,14H,5-6,11H2,1H3,(H,19,22). The van der Waals surface area contributed by atoms with E-state index < -0.39 is 4.92 Å². The Morgan fingerprint density at radius 1 is 1.38 bits per heavy atom. The average Bonchev–Trinajstić information content (AvgIpc) is 3.40. The number of urea groups is 1. The lowest BCUT2D eigenvalue weighted by atomic mass is 10.2. The summed E-state index contributed by atoms with van der Waals surface area (Å²) < 4.78 is 0. The highest BCUT2D eigenvalue weighted by Gasteiger charge is 2.33. The van der Waals surface area contributed by atoms with Crippen molar-refractivity contribution >= 4 is 17.4 Å². The number of nitrogens with zero attached hydrogens (tertiary/aromatic N) is 3. The normalized spacial score (nSPS) is 13.4. The molecule has 0 unspecified atom stereocenters. The van der Waals surface area contributed by atoms with Crippen molar-refractivity contribution in [1.29, 1.82) is 0 Å². The molecule has 0 spiro atoms. The van der Waals surface area contributed by atoms with Gasteiger partial charge < -0.3 is 10.2 Å². The van der Waals surface area contributed by atoms with Crippen molar-refractivity contribution in [3.8, 4) is 0 Å². The van der Waals surface area contributed by atoms with E-state index in [0.717, 1.165) is 18.5 Å². The van der Waals surface area contributed by atoms with Gasteiger partial charge in [0.1, 0.15) is 0 Å². The molecule has 1 N–H and O–H groups in total. The van der Waals surface area contributed by atoms with Gasteiger partial charge in [0.15, 0.2) is 0 Å². The van der Waals surface area contributed by atoms with Gasteiger partial charge in [0.05, 0.1) is 17.2 Å². The number of nitro benzene ring substituents is 1. The van der Waals surface area contributed by atoms with Crippen molar-refractivity contribution < 1.29 is 9.72 Å². The number of aryl methyl sites for hydroxylation is 1. The molecule has 1 aromatic carbocycles. The predicted octanol–water partition coefficient (Wildman–Crippen LogP) is 3.49. The number of benzene rings is 1. The Morgan fingerprint density at radius 3 is 2.75 bits per heavy atom. The molecule has 0 aliphatic heterocycles. The van der Waals surface area contributed by atoms with Crippen LogP contribution in [-0.2, 0) is 6.54 Å². The van der Waals surface area contributed by atoms with Gasteiger partial charge in [-0.3, -0.25) is 15.1 Å². The maximum atomic E-state index is 12.6. The first kappa shape index (κ1) is 15.9. The first-order valence-corrected chi connectivity index (χ1v) is 7.77. The molecule has 1 aromatic heterocycles. The number of carbonyl (C=O) groups excluding carboxylic acids is 1. The van der Waals surface area contributed by atoms with Crippen LogP contribution < -0.4 is 5.32 Å². The fourth-order valence-corrected chi connectivity index (χ4v) is 2.51. The average molecular weight is 326 g/mol. The molecule has 1 aliphatic rings. The minimum atomic E-state index is -0.448. The number of nitro groups is 1. The van der Waals surface area contributed by atoms with Gasteiger partial charge in [-0.15, -0.1) is 0 Å². The Bertz CT molecular complexity index is 760. The number of aromatic nitrogens is 1. The number of non-ortho nitro benzene ring substituents is 1. The molecule has 7 heteroatoms. The van der Waals surface area contributed by atoms with Gasteiger partial charge in [-0.2, -0.15) is 0 Å². The number of pyridine rings is 1. The maximum Gasteiger partial charge on any atom is 0.322 e. The molecule has 0 saturated heterocycles. The number of carbonyl (C=O) groups is 1. The Kier molecular flexibility index (Phi) is 4.41. The summed E-state index contributed by atoms with van der Waals surface area (Å²) in [5.74, 6) is 0. The number of rotatable bonds is 5. The Morgan fingerprint density at radius 2 is 2.17 bits per heavy atom. The summed E-state index contributed by atoms with van der Waals surface area (Å²) in [6, 6.07) is 10.1. The van der Waals surface area contributed by atoms with Crippen LogP contribution in [0.1, 0.15) is 24.1 Å². The third kappa shape index (κ3) is 3.68. The second kappa shape index (κ2) is 6.66. The molecule has 1 aliphatic carbocycles. The van der Waals surface area contributed by atoms with Gasteiger partial charge in [0.2, 0.25) is 0 Å². The molecule has 1 saturated carbocycles. The number of hydrogen-bond acceptors (Lipinski definition) is 4. The van der Waals surface area contributed by atoms with Crippen LogP contribution in [0.4, 0.5) is 16.2 Å². The zero-order valence-electron chi connectivity index (χ0n) is 13.3. The van der Waals surface area contributed by atoms with E-state index in [0.29, 0.717) is 17.8 Å². The molecular weight excluding hydrogens is 308 g/mol. The van der Waals surface area contributed by atoms with E-state index in [4.69, 9.17) is 0 Å². The minimum absolute atomic E-state index is 0.0121. The van der Waals surface area contributed by atoms with E-state index in [1.807, 2.05) is 18.2 Å². The monoisotopic (exact) mass is 326 g/mol. The van der Waals surface area contributed by atoms with E-state index in [-0.39, 0.29) is 17.8 Å². The summed E-state index contributed by atoms with van der Waals surface area (Å²) in [4.78, 5) is 29.0. The number of anilines is 1.